The maximum absolute atomic E-state index is 6.43. The largest absolute Gasteiger partial charge is 0.371 e. The molecular weight excluding hydrogens is 268 g/mol. The van der Waals surface area contributed by atoms with Crippen LogP contribution in [0.5, 0.6) is 0 Å². The van der Waals surface area contributed by atoms with Crippen LogP contribution in [-0.2, 0) is 6.54 Å². The van der Waals surface area contributed by atoms with E-state index in [-0.39, 0.29) is 0 Å². The predicted molar refractivity (Wildman–Crippen MR) is 88.5 cm³/mol. The maximum Gasteiger partial charge on any atom is 0.0471 e. The van der Waals surface area contributed by atoms with E-state index in [0.29, 0.717) is 5.92 Å². The number of hydrogen-bond donors (Lipinski definition) is 1. The van der Waals surface area contributed by atoms with Crippen molar-refractivity contribution < 1.29 is 0 Å². The van der Waals surface area contributed by atoms with Crippen LogP contribution in [0.3, 0.4) is 0 Å². The van der Waals surface area contributed by atoms with Crippen LogP contribution < -0.4 is 10.2 Å². The van der Waals surface area contributed by atoms with Crippen LogP contribution in [0.2, 0.25) is 5.02 Å². The molecule has 1 N–H and O–H groups in total. The average molecular weight is 295 g/mol. The van der Waals surface area contributed by atoms with Crippen LogP contribution in [0.25, 0.3) is 0 Å². The number of nitrogens with one attached hydrogen (secondary N) is 1. The van der Waals surface area contributed by atoms with Gasteiger partial charge in [-0.2, -0.15) is 0 Å². The molecule has 2 atom stereocenters. The second kappa shape index (κ2) is 6.82. The Morgan fingerprint density at radius 1 is 1.25 bits per heavy atom. The van der Waals surface area contributed by atoms with Crippen molar-refractivity contribution in [1.29, 1.82) is 0 Å². The van der Waals surface area contributed by atoms with Gasteiger partial charge in [0.2, 0.25) is 0 Å². The highest BCUT2D eigenvalue weighted by Gasteiger charge is 2.26. The molecule has 1 fully saturated rings. The minimum Gasteiger partial charge on any atom is -0.371 e. The summed E-state index contributed by atoms with van der Waals surface area (Å²) in [5.74, 6) is 2.20. The molecule has 1 aliphatic rings. The van der Waals surface area contributed by atoms with Gasteiger partial charge in [-0.15, -0.1) is 0 Å². The fourth-order valence-corrected chi connectivity index (χ4v) is 2.95. The van der Waals surface area contributed by atoms with Crippen LogP contribution >= 0.6 is 11.6 Å². The van der Waals surface area contributed by atoms with Gasteiger partial charge in [-0.3, -0.25) is 0 Å². The van der Waals surface area contributed by atoms with E-state index in [9.17, 15) is 0 Å². The first kappa shape index (κ1) is 15.7. The van der Waals surface area contributed by atoms with E-state index in [4.69, 9.17) is 11.6 Å². The Kier molecular flexibility index (Phi) is 5.34. The molecule has 0 saturated carbocycles. The summed E-state index contributed by atoms with van der Waals surface area (Å²) in [6.45, 7) is 13.3. The lowest BCUT2D eigenvalue weighted by molar-refractivity contribution is 0.494. The van der Waals surface area contributed by atoms with Crippen LogP contribution in [-0.4, -0.2) is 19.6 Å². The molecule has 2 unspecified atom stereocenters. The van der Waals surface area contributed by atoms with Crippen molar-refractivity contribution in [3.05, 3.63) is 28.8 Å². The lowest BCUT2D eigenvalue weighted by Gasteiger charge is -2.19. The predicted octanol–water partition coefficient (Wildman–Crippen LogP) is 4.18. The fraction of sp³-hybridized carbons (Fsp3) is 0.647. The van der Waals surface area contributed by atoms with Crippen LogP contribution in [0.4, 0.5) is 5.69 Å². The fourth-order valence-electron chi connectivity index (χ4n) is 2.71. The van der Waals surface area contributed by atoms with E-state index >= 15 is 0 Å². The normalized spacial score (nSPS) is 22.8. The van der Waals surface area contributed by atoms with Crippen LogP contribution in [0, 0.1) is 17.8 Å². The Bertz CT molecular complexity index is 435. The van der Waals surface area contributed by atoms with Crippen molar-refractivity contribution in [2.75, 3.05) is 24.5 Å². The molecule has 1 aromatic carbocycles. The van der Waals surface area contributed by atoms with Crippen molar-refractivity contribution in [2.24, 2.45) is 17.8 Å². The van der Waals surface area contributed by atoms with E-state index in [1.54, 1.807) is 0 Å². The Morgan fingerprint density at radius 2 is 1.90 bits per heavy atom. The zero-order chi connectivity index (χ0) is 14.7. The summed E-state index contributed by atoms with van der Waals surface area (Å²) in [5.41, 5.74) is 2.45. The Morgan fingerprint density at radius 3 is 2.45 bits per heavy atom. The standard InChI is InChI=1S/C17H27ClN2/c1-12(2)8-19-9-15-5-6-16(7-17(15)18)20-10-13(3)14(4)11-20/h5-7,12-14,19H,8-11H2,1-4H3. The molecule has 20 heavy (non-hydrogen) atoms. The number of nitrogens with zero attached hydrogens (tertiary/aromatic N) is 1. The molecule has 0 spiro atoms. The molecule has 2 nitrogen and oxygen atoms in total. The first-order valence-electron chi connectivity index (χ1n) is 7.71. The smallest absolute Gasteiger partial charge is 0.0471 e. The number of anilines is 1. The van der Waals surface area contributed by atoms with Gasteiger partial charge in [0, 0.05) is 30.3 Å². The van der Waals surface area contributed by atoms with E-state index in [1.165, 1.54) is 11.3 Å². The van der Waals surface area contributed by atoms with Crippen LogP contribution in [0.15, 0.2) is 18.2 Å². The van der Waals surface area contributed by atoms with Crippen molar-refractivity contribution in [1.82, 2.24) is 5.32 Å². The third-order valence-corrected chi connectivity index (χ3v) is 4.61. The van der Waals surface area contributed by atoms with E-state index in [0.717, 1.165) is 43.0 Å². The summed E-state index contributed by atoms with van der Waals surface area (Å²) in [7, 11) is 0. The average Bonchev–Trinajstić information content (AvgIpc) is 2.71. The Hall–Kier alpha value is -0.730. The molecule has 112 valence electrons. The molecule has 0 bridgehead atoms. The van der Waals surface area contributed by atoms with Gasteiger partial charge in [0.15, 0.2) is 0 Å². The molecule has 1 saturated heterocycles. The molecule has 0 aromatic heterocycles. The van der Waals surface area contributed by atoms with Gasteiger partial charge in [-0.1, -0.05) is 45.4 Å². The second-order valence-corrected chi connectivity index (χ2v) is 7.07. The van der Waals surface area contributed by atoms with E-state index in [1.807, 2.05) is 0 Å². The van der Waals surface area contributed by atoms with Gasteiger partial charge in [0.05, 0.1) is 0 Å². The first-order valence-corrected chi connectivity index (χ1v) is 8.09. The summed E-state index contributed by atoms with van der Waals surface area (Å²) in [6, 6.07) is 6.50. The highest BCUT2D eigenvalue weighted by molar-refractivity contribution is 6.31. The molecule has 1 aliphatic heterocycles. The first-order chi connectivity index (χ1) is 9.47. The topological polar surface area (TPSA) is 15.3 Å². The molecule has 0 aliphatic carbocycles. The van der Waals surface area contributed by atoms with Gasteiger partial charge < -0.3 is 10.2 Å². The molecule has 2 rings (SSSR count). The van der Waals surface area contributed by atoms with Crippen LogP contribution in [0.1, 0.15) is 33.3 Å². The zero-order valence-corrected chi connectivity index (χ0v) is 13.9. The van der Waals surface area contributed by atoms with Crippen molar-refractivity contribution in [3.63, 3.8) is 0 Å². The van der Waals surface area contributed by atoms with E-state index in [2.05, 4.69) is 56.1 Å². The van der Waals surface area contributed by atoms with Gasteiger partial charge in [-0.05, 0) is 42.0 Å². The summed E-state index contributed by atoms with van der Waals surface area (Å²) < 4.78 is 0. The number of hydrogen-bond acceptors (Lipinski definition) is 2. The molecule has 0 radical (unpaired) electrons. The lowest BCUT2D eigenvalue weighted by atomic mass is 10.0. The highest BCUT2D eigenvalue weighted by atomic mass is 35.5. The third-order valence-electron chi connectivity index (χ3n) is 4.26. The number of benzene rings is 1. The number of rotatable bonds is 5. The molecule has 3 heteroatoms. The van der Waals surface area contributed by atoms with Gasteiger partial charge >= 0.3 is 0 Å². The van der Waals surface area contributed by atoms with Crippen molar-refractivity contribution >= 4 is 17.3 Å². The second-order valence-electron chi connectivity index (χ2n) is 6.66. The van der Waals surface area contributed by atoms with Crippen molar-refractivity contribution in [2.45, 2.75) is 34.2 Å². The Balaban J connectivity index is 1.99. The Labute approximate surface area is 128 Å². The summed E-state index contributed by atoms with van der Waals surface area (Å²) in [4.78, 5) is 2.45. The third kappa shape index (κ3) is 3.89. The van der Waals surface area contributed by atoms with Crippen molar-refractivity contribution in [3.8, 4) is 0 Å². The summed E-state index contributed by atoms with van der Waals surface area (Å²) in [6.07, 6.45) is 0. The monoisotopic (exact) mass is 294 g/mol. The van der Waals surface area contributed by atoms with Gasteiger partial charge in [-0.25, -0.2) is 0 Å². The lowest BCUT2D eigenvalue weighted by Crippen LogP contribution is -2.21. The maximum atomic E-state index is 6.43. The molecule has 0 amide bonds. The minimum absolute atomic E-state index is 0.667. The van der Waals surface area contributed by atoms with Gasteiger partial charge in [0.25, 0.3) is 0 Å². The van der Waals surface area contributed by atoms with Gasteiger partial charge in [0.1, 0.15) is 0 Å². The SMILES string of the molecule is CC(C)CNCc1ccc(N2CC(C)C(C)C2)cc1Cl. The molecular formula is C17H27ClN2. The number of halogens is 1. The molecule has 1 heterocycles. The summed E-state index contributed by atoms with van der Waals surface area (Å²) in [5, 5.41) is 4.33. The quantitative estimate of drug-likeness (QED) is 0.876. The minimum atomic E-state index is 0.667. The molecule has 1 aromatic rings. The summed E-state index contributed by atoms with van der Waals surface area (Å²) >= 11 is 6.43. The zero-order valence-electron chi connectivity index (χ0n) is 13.1. The highest BCUT2D eigenvalue weighted by Crippen LogP contribution is 2.30. The van der Waals surface area contributed by atoms with E-state index < -0.39 is 0 Å².